The number of carbonyl (C=O) groups excluding carboxylic acids is 2. The number of benzene rings is 2. The van der Waals surface area contributed by atoms with Crippen LogP contribution in [0.5, 0.6) is 11.5 Å². The molecule has 1 unspecified atom stereocenters. The van der Waals surface area contributed by atoms with Crippen LogP contribution in [0.15, 0.2) is 48.5 Å². The predicted octanol–water partition coefficient (Wildman–Crippen LogP) is 2.85. The first-order valence-corrected chi connectivity index (χ1v) is 8.03. The number of amides is 2. The molecule has 0 fully saturated rings. The SMILES string of the molecule is CCNC(=O)c1cccc(NC(=O)C(C)Oc2ccc(OC)cc2)c1. The molecule has 0 spiro atoms. The summed E-state index contributed by atoms with van der Waals surface area (Å²) < 4.78 is 10.7. The second-order valence-corrected chi connectivity index (χ2v) is 5.37. The van der Waals surface area contributed by atoms with E-state index in [1.54, 1.807) is 62.6 Å². The molecule has 0 bridgehead atoms. The standard InChI is InChI=1S/C19H22N2O4/c1-4-20-19(23)14-6-5-7-15(12-14)21-18(22)13(2)25-17-10-8-16(24-3)9-11-17/h5-13H,4H2,1-3H3,(H,20,23)(H,21,22). The van der Waals surface area contributed by atoms with E-state index in [1.807, 2.05) is 6.92 Å². The van der Waals surface area contributed by atoms with E-state index >= 15 is 0 Å². The minimum atomic E-state index is -0.693. The summed E-state index contributed by atoms with van der Waals surface area (Å²) in [6, 6.07) is 13.7. The van der Waals surface area contributed by atoms with Crippen LogP contribution >= 0.6 is 0 Å². The molecule has 1 atom stereocenters. The van der Waals surface area contributed by atoms with E-state index in [4.69, 9.17) is 9.47 Å². The van der Waals surface area contributed by atoms with Crippen LogP contribution in [0, 0.1) is 0 Å². The predicted molar refractivity (Wildman–Crippen MR) is 96.2 cm³/mol. The quantitative estimate of drug-likeness (QED) is 0.811. The molecule has 0 aliphatic carbocycles. The van der Waals surface area contributed by atoms with Crippen molar-refractivity contribution in [3.05, 3.63) is 54.1 Å². The highest BCUT2D eigenvalue weighted by atomic mass is 16.5. The Hall–Kier alpha value is -3.02. The van der Waals surface area contributed by atoms with Crippen LogP contribution in [0.25, 0.3) is 0 Å². The molecule has 132 valence electrons. The summed E-state index contributed by atoms with van der Waals surface area (Å²) in [5.41, 5.74) is 1.03. The van der Waals surface area contributed by atoms with Crippen LogP contribution in [0.4, 0.5) is 5.69 Å². The summed E-state index contributed by atoms with van der Waals surface area (Å²) in [6.45, 7) is 4.05. The number of methoxy groups -OCH3 is 1. The summed E-state index contributed by atoms with van der Waals surface area (Å²) in [6.07, 6.45) is -0.693. The maximum absolute atomic E-state index is 12.3. The smallest absolute Gasteiger partial charge is 0.265 e. The lowest BCUT2D eigenvalue weighted by Gasteiger charge is -2.15. The topological polar surface area (TPSA) is 76.7 Å². The number of rotatable bonds is 7. The number of hydrogen-bond donors (Lipinski definition) is 2. The minimum Gasteiger partial charge on any atom is -0.497 e. The third-order valence-electron chi connectivity index (χ3n) is 3.47. The van der Waals surface area contributed by atoms with Gasteiger partial charge in [0.05, 0.1) is 7.11 Å². The lowest BCUT2D eigenvalue weighted by molar-refractivity contribution is -0.122. The first-order chi connectivity index (χ1) is 12.0. The van der Waals surface area contributed by atoms with Gasteiger partial charge < -0.3 is 20.1 Å². The van der Waals surface area contributed by atoms with E-state index in [0.717, 1.165) is 0 Å². The molecular formula is C19H22N2O4. The van der Waals surface area contributed by atoms with Gasteiger partial charge in [-0.25, -0.2) is 0 Å². The van der Waals surface area contributed by atoms with Crippen LogP contribution in [0.2, 0.25) is 0 Å². The maximum atomic E-state index is 12.3. The molecule has 0 saturated carbocycles. The van der Waals surface area contributed by atoms with Gasteiger partial charge in [0.25, 0.3) is 11.8 Å². The molecule has 0 saturated heterocycles. The van der Waals surface area contributed by atoms with Crippen molar-refractivity contribution < 1.29 is 19.1 Å². The molecule has 0 aliphatic heterocycles. The van der Waals surface area contributed by atoms with E-state index in [2.05, 4.69) is 10.6 Å². The van der Waals surface area contributed by atoms with Crippen LogP contribution in [-0.2, 0) is 4.79 Å². The Morgan fingerprint density at radius 3 is 2.40 bits per heavy atom. The van der Waals surface area contributed by atoms with Gasteiger partial charge in [0.15, 0.2) is 6.10 Å². The zero-order valence-corrected chi connectivity index (χ0v) is 14.5. The van der Waals surface area contributed by atoms with Crippen LogP contribution in [0.3, 0.4) is 0 Å². The highest BCUT2D eigenvalue weighted by Crippen LogP contribution is 2.19. The van der Waals surface area contributed by atoms with E-state index in [0.29, 0.717) is 29.3 Å². The summed E-state index contributed by atoms with van der Waals surface area (Å²) in [4.78, 5) is 24.1. The summed E-state index contributed by atoms with van der Waals surface area (Å²) >= 11 is 0. The zero-order chi connectivity index (χ0) is 18.2. The van der Waals surface area contributed by atoms with Gasteiger partial charge in [-0.3, -0.25) is 9.59 Å². The van der Waals surface area contributed by atoms with E-state index in [1.165, 1.54) is 0 Å². The van der Waals surface area contributed by atoms with E-state index in [-0.39, 0.29) is 11.8 Å². The summed E-state index contributed by atoms with van der Waals surface area (Å²) in [5, 5.41) is 5.47. The van der Waals surface area contributed by atoms with Crippen molar-refractivity contribution >= 4 is 17.5 Å². The Bertz CT molecular complexity index is 728. The van der Waals surface area contributed by atoms with Crippen molar-refractivity contribution in [2.24, 2.45) is 0 Å². The molecule has 0 aliphatic rings. The molecular weight excluding hydrogens is 320 g/mol. The largest absolute Gasteiger partial charge is 0.497 e. The van der Waals surface area contributed by atoms with Crippen molar-refractivity contribution in [1.29, 1.82) is 0 Å². The monoisotopic (exact) mass is 342 g/mol. The van der Waals surface area contributed by atoms with Gasteiger partial charge in [-0.15, -0.1) is 0 Å². The Labute approximate surface area is 147 Å². The van der Waals surface area contributed by atoms with E-state index < -0.39 is 6.10 Å². The highest BCUT2D eigenvalue weighted by molar-refractivity contribution is 5.98. The molecule has 2 aromatic carbocycles. The second kappa shape index (κ2) is 8.73. The Balaban J connectivity index is 1.98. The van der Waals surface area contributed by atoms with Crippen molar-refractivity contribution in [1.82, 2.24) is 5.32 Å². The molecule has 0 aromatic heterocycles. The maximum Gasteiger partial charge on any atom is 0.265 e. The fourth-order valence-electron chi connectivity index (χ4n) is 2.16. The molecule has 25 heavy (non-hydrogen) atoms. The van der Waals surface area contributed by atoms with Gasteiger partial charge in [-0.1, -0.05) is 6.07 Å². The Morgan fingerprint density at radius 1 is 1.08 bits per heavy atom. The third kappa shape index (κ3) is 5.24. The van der Waals surface area contributed by atoms with Gasteiger partial charge in [-0.05, 0) is 56.3 Å². The number of ether oxygens (including phenoxy) is 2. The minimum absolute atomic E-state index is 0.180. The lowest BCUT2D eigenvalue weighted by atomic mass is 10.2. The van der Waals surface area contributed by atoms with Gasteiger partial charge in [0, 0.05) is 17.8 Å². The van der Waals surface area contributed by atoms with Gasteiger partial charge in [0.2, 0.25) is 0 Å². The average Bonchev–Trinajstić information content (AvgIpc) is 2.62. The number of nitrogens with one attached hydrogen (secondary N) is 2. The molecule has 2 N–H and O–H groups in total. The first kappa shape index (κ1) is 18.3. The first-order valence-electron chi connectivity index (χ1n) is 8.03. The van der Waals surface area contributed by atoms with Gasteiger partial charge >= 0.3 is 0 Å². The number of hydrogen-bond acceptors (Lipinski definition) is 4. The van der Waals surface area contributed by atoms with Crippen LogP contribution in [0.1, 0.15) is 24.2 Å². The summed E-state index contributed by atoms with van der Waals surface area (Å²) in [7, 11) is 1.58. The fraction of sp³-hybridized carbons (Fsp3) is 0.263. The molecule has 0 radical (unpaired) electrons. The Morgan fingerprint density at radius 2 is 1.76 bits per heavy atom. The molecule has 0 heterocycles. The molecule has 2 amide bonds. The van der Waals surface area contributed by atoms with Crippen molar-refractivity contribution in [2.45, 2.75) is 20.0 Å². The van der Waals surface area contributed by atoms with E-state index in [9.17, 15) is 9.59 Å². The second-order valence-electron chi connectivity index (χ2n) is 5.37. The van der Waals surface area contributed by atoms with Crippen molar-refractivity contribution in [3.8, 4) is 11.5 Å². The molecule has 2 rings (SSSR count). The summed E-state index contributed by atoms with van der Waals surface area (Å²) in [5.74, 6) is 0.802. The molecule has 6 nitrogen and oxygen atoms in total. The van der Waals surface area contributed by atoms with Gasteiger partial charge in [0.1, 0.15) is 11.5 Å². The Kier molecular flexibility index (Phi) is 6.39. The fourth-order valence-corrected chi connectivity index (χ4v) is 2.16. The van der Waals surface area contributed by atoms with Crippen molar-refractivity contribution in [3.63, 3.8) is 0 Å². The van der Waals surface area contributed by atoms with Crippen LogP contribution < -0.4 is 20.1 Å². The normalized spacial score (nSPS) is 11.3. The lowest BCUT2D eigenvalue weighted by Crippen LogP contribution is -2.30. The molecule has 2 aromatic rings. The third-order valence-corrected chi connectivity index (χ3v) is 3.47. The van der Waals surface area contributed by atoms with Crippen LogP contribution in [-0.4, -0.2) is 31.6 Å². The number of carbonyl (C=O) groups is 2. The molecule has 6 heteroatoms. The van der Waals surface area contributed by atoms with Crippen molar-refractivity contribution in [2.75, 3.05) is 19.0 Å². The highest BCUT2D eigenvalue weighted by Gasteiger charge is 2.15. The zero-order valence-electron chi connectivity index (χ0n) is 14.5. The van der Waals surface area contributed by atoms with Gasteiger partial charge in [-0.2, -0.15) is 0 Å². The average molecular weight is 342 g/mol. The number of anilines is 1.